The van der Waals surface area contributed by atoms with Gasteiger partial charge in [0.2, 0.25) is 5.91 Å². The fraction of sp³-hybridized carbons (Fsp3) is 0.552. The topological polar surface area (TPSA) is 87.4 Å². The molecule has 5 nitrogen and oxygen atoms in total. The Labute approximate surface area is 230 Å². The number of aryl methyl sites for hydroxylation is 2. The smallest absolute Gasteiger partial charge is 0.237 e. The van der Waals surface area contributed by atoms with Crippen LogP contribution in [0.4, 0.5) is 0 Å². The number of hydrogen-bond donors (Lipinski definition) is 4. The van der Waals surface area contributed by atoms with Crippen LogP contribution in [-0.2, 0) is 17.6 Å². The molecule has 36 heavy (non-hydrogen) atoms. The first-order chi connectivity index (χ1) is 16.3. The predicted molar refractivity (Wildman–Crippen MR) is 156 cm³/mol. The van der Waals surface area contributed by atoms with Gasteiger partial charge in [0.15, 0.2) is 0 Å². The number of carbonyl (C=O) groups excluding carboxylic acids is 1. The molecule has 0 spiro atoms. The van der Waals surface area contributed by atoms with Gasteiger partial charge in [-0.05, 0) is 61.8 Å². The number of halogens is 2. The Balaban J connectivity index is 0.00000612. The highest BCUT2D eigenvalue weighted by Crippen LogP contribution is 2.18. The van der Waals surface area contributed by atoms with Gasteiger partial charge in [0.05, 0.1) is 6.04 Å². The minimum atomic E-state index is -0.361. The number of rotatable bonds is 15. The molecule has 2 aromatic carbocycles. The van der Waals surface area contributed by atoms with Crippen LogP contribution in [0.2, 0.25) is 0 Å². The summed E-state index contributed by atoms with van der Waals surface area (Å²) in [5, 5.41) is 16.4. The Morgan fingerprint density at radius 1 is 0.972 bits per heavy atom. The summed E-state index contributed by atoms with van der Waals surface area (Å²) >= 11 is 0. The van der Waals surface area contributed by atoms with Crippen LogP contribution < -0.4 is 16.4 Å². The van der Waals surface area contributed by atoms with Crippen molar-refractivity contribution in [3.05, 3.63) is 65.2 Å². The zero-order chi connectivity index (χ0) is 24.9. The van der Waals surface area contributed by atoms with Gasteiger partial charge in [-0.15, -0.1) is 24.8 Å². The van der Waals surface area contributed by atoms with E-state index >= 15 is 0 Å². The fourth-order valence-corrected chi connectivity index (χ4v) is 4.17. The fourth-order valence-electron chi connectivity index (χ4n) is 4.17. The number of hydrogen-bond acceptors (Lipinski definition) is 4. The maximum absolute atomic E-state index is 13.3. The number of phenols is 1. The standard InChI is InChI=1S/C29H45N3O2.2ClH/c1-5-7-8-25(30)20-31-29(34)28(19-24-13-16-26(33)17-14-24)32-27(22(4)6-2)18-15-23-11-9-21(3)10-12-23;;/h9-14,16-17,22,25,27-28,32-33H,5-8,15,18-20,30H2,1-4H3,(H,31,34);2*1H/t22-,25-,27+,28-;;/m0../s1. The number of benzene rings is 2. The quantitative estimate of drug-likeness (QED) is 0.233. The lowest BCUT2D eigenvalue weighted by Gasteiger charge is -2.30. The molecule has 2 rings (SSSR count). The van der Waals surface area contributed by atoms with Crippen LogP contribution in [0.15, 0.2) is 48.5 Å². The first-order valence-corrected chi connectivity index (χ1v) is 12.9. The minimum absolute atomic E-state index is 0. The maximum atomic E-state index is 13.3. The molecule has 7 heteroatoms. The van der Waals surface area contributed by atoms with Crippen LogP contribution >= 0.6 is 24.8 Å². The molecule has 0 aliphatic rings. The van der Waals surface area contributed by atoms with E-state index in [9.17, 15) is 9.90 Å². The third-order valence-corrected chi connectivity index (χ3v) is 6.77. The molecule has 0 aromatic heterocycles. The summed E-state index contributed by atoms with van der Waals surface area (Å²) < 4.78 is 0. The molecule has 0 fully saturated rings. The van der Waals surface area contributed by atoms with E-state index in [1.807, 2.05) is 12.1 Å². The average molecular weight is 541 g/mol. The number of unbranched alkanes of at least 4 members (excludes halogenated alkanes) is 1. The monoisotopic (exact) mass is 539 g/mol. The lowest BCUT2D eigenvalue weighted by Crippen LogP contribution is -2.53. The molecule has 0 aliphatic carbocycles. The van der Waals surface area contributed by atoms with Crippen LogP contribution in [0.1, 0.15) is 69.6 Å². The van der Waals surface area contributed by atoms with Gasteiger partial charge in [0.25, 0.3) is 0 Å². The van der Waals surface area contributed by atoms with Crippen LogP contribution in [0.3, 0.4) is 0 Å². The van der Waals surface area contributed by atoms with E-state index < -0.39 is 0 Å². The maximum Gasteiger partial charge on any atom is 0.237 e. The van der Waals surface area contributed by atoms with E-state index in [0.717, 1.165) is 44.1 Å². The Bertz CT molecular complexity index is 847. The Morgan fingerprint density at radius 3 is 2.17 bits per heavy atom. The summed E-state index contributed by atoms with van der Waals surface area (Å²) in [6.07, 6.45) is 6.63. The summed E-state index contributed by atoms with van der Waals surface area (Å²) in [6.45, 7) is 9.20. The van der Waals surface area contributed by atoms with Crippen LogP contribution in [0.25, 0.3) is 0 Å². The van der Waals surface area contributed by atoms with Crippen molar-refractivity contribution in [3.63, 3.8) is 0 Å². The molecule has 0 aliphatic heterocycles. The van der Waals surface area contributed by atoms with Gasteiger partial charge in [0.1, 0.15) is 5.75 Å². The Hall–Kier alpha value is -1.79. The lowest BCUT2D eigenvalue weighted by molar-refractivity contribution is -0.123. The van der Waals surface area contributed by atoms with E-state index in [1.54, 1.807) is 12.1 Å². The number of nitrogens with one attached hydrogen (secondary N) is 2. The minimum Gasteiger partial charge on any atom is -0.508 e. The van der Waals surface area contributed by atoms with Crippen molar-refractivity contribution in [2.75, 3.05) is 6.54 Å². The molecule has 204 valence electrons. The van der Waals surface area contributed by atoms with Gasteiger partial charge in [-0.2, -0.15) is 0 Å². The van der Waals surface area contributed by atoms with Crippen molar-refractivity contribution >= 4 is 30.7 Å². The molecule has 2 aromatic rings. The molecule has 0 radical (unpaired) electrons. The zero-order valence-electron chi connectivity index (χ0n) is 22.3. The first-order valence-electron chi connectivity index (χ1n) is 12.9. The Morgan fingerprint density at radius 2 is 1.58 bits per heavy atom. The van der Waals surface area contributed by atoms with Crippen molar-refractivity contribution in [1.29, 1.82) is 0 Å². The molecule has 0 saturated carbocycles. The van der Waals surface area contributed by atoms with Crippen molar-refractivity contribution in [1.82, 2.24) is 10.6 Å². The summed E-state index contributed by atoms with van der Waals surface area (Å²) in [4.78, 5) is 13.3. The summed E-state index contributed by atoms with van der Waals surface area (Å²) in [6, 6.07) is 15.7. The number of amides is 1. The average Bonchev–Trinajstić information content (AvgIpc) is 2.84. The van der Waals surface area contributed by atoms with Gasteiger partial charge in [0, 0.05) is 18.6 Å². The van der Waals surface area contributed by atoms with E-state index in [0.29, 0.717) is 18.9 Å². The first kappa shape index (κ1) is 34.2. The van der Waals surface area contributed by atoms with Crippen molar-refractivity contribution in [2.45, 2.75) is 90.8 Å². The number of aromatic hydroxyl groups is 1. The van der Waals surface area contributed by atoms with Crippen LogP contribution in [-0.4, -0.2) is 35.7 Å². The molecule has 0 bridgehead atoms. The molecular weight excluding hydrogens is 493 g/mol. The molecule has 5 N–H and O–H groups in total. The molecule has 4 atom stereocenters. The van der Waals surface area contributed by atoms with Crippen molar-refractivity contribution in [2.24, 2.45) is 11.7 Å². The van der Waals surface area contributed by atoms with Crippen LogP contribution in [0, 0.1) is 12.8 Å². The molecule has 1 amide bonds. The third-order valence-electron chi connectivity index (χ3n) is 6.77. The summed E-state index contributed by atoms with van der Waals surface area (Å²) in [7, 11) is 0. The van der Waals surface area contributed by atoms with Gasteiger partial charge in [-0.1, -0.05) is 82.0 Å². The van der Waals surface area contributed by atoms with Crippen molar-refractivity contribution in [3.8, 4) is 5.75 Å². The van der Waals surface area contributed by atoms with Crippen LogP contribution in [0.5, 0.6) is 5.75 Å². The highest BCUT2D eigenvalue weighted by molar-refractivity contribution is 5.85. The van der Waals surface area contributed by atoms with E-state index in [2.05, 4.69) is 62.6 Å². The zero-order valence-corrected chi connectivity index (χ0v) is 24.0. The number of nitrogens with two attached hydrogens (primary N) is 1. The number of phenolic OH excluding ortho intramolecular Hbond substituents is 1. The SMILES string of the molecule is CCCC[C@H](N)CNC(=O)[C@H](Cc1ccc(O)cc1)N[C@H](CCc1ccc(C)cc1)[C@@H](C)CC.Cl.Cl. The second kappa shape index (κ2) is 18.5. The van der Waals surface area contributed by atoms with Gasteiger partial charge in [-0.25, -0.2) is 0 Å². The second-order valence-electron chi connectivity index (χ2n) is 9.75. The second-order valence-corrected chi connectivity index (χ2v) is 9.75. The molecular formula is C29H47Cl2N3O2. The van der Waals surface area contributed by atoms with E-state index in [1.165, 1.54) is 11.1 Å². The molecule has 0 saturated heterocycles. The number of carbonyl (C=O) groups is 1. The van der Waals surface area contributed by atoms with Crippen molar-refractivity contribution < 1.29 is 9.90 Å². The van der Waals surface area contributed by atoms with Gasteiger partial charge in [-0.3, -0.25) is 4.79 Å². The third kappa shape index (κ3) is 12.4. The van der Waals surface area contributed by atoms with Gasteiger partial charge >= 0.3 is 0 Å². The largest absolute Gasteiger partial charge is 0.508 e. The molecule has 0 unspecified atom stereocenters. The van der Waals surface area contributed by atoms with E-state index in [4.69, 9.17) is 5.73 Å². The predicted octanol–water partition coefficient (Wildman–Crippen LogP) is 5.73. The van der Waals surface area contributed by atoms with Gasteiger partial charge < -0.3 is 21.5 Å². The molecule has 0 heterocycles. The highest BCUT2D eigenvalue weighted by atomic mass is 35.5. The van der Waals surface area contributed by atoms with E-state index in [-0.39, 0.29) is 54.6 Å². The Kier molecular flexibility index (Phi) is 17.5. The highest BCUT2D eigenvalue weighted by Gasteiger charge is 2.25. The normalized spacial score (nSPS) is 14.0. The lowest BCUT2D eigenvalue weighted by atomic mass is 9.91. The summed E-state index contributed by atoms with van der Waals surface area (Å²) in [5.74, 6) is 0.659. The summed E-state index contributed by atoms with van der Waals surface area (Å²) in [5.41, 5.74) is 9.81.